The fourth-order valence-electron chi connectivity index (χ4n) is 1.86. The van der Waals surface area contributed by atoms with Crippen molar-refractivity contribution < 1.29 is 4.79 Å². The second-order valence-electron chi connectivity index (χ2n) is 6.08. The first-order valence-electron chi connectivity index (χ1n) is 6.78. The highest BCUT2D eigenvalue weighted by Crippen LogP contribution is 2.33. The second kappa shape index (κ2) is 5.52. The molecule has 112 valence electrons. The summed E-state index contributed by atoms with van der Waals surface area (Å²) in [5, 5.41) is 3.32. The Hall–Kier alpha value is -1.82. The second-order valence-corrected chi connectivity index (χ2v) is 7.08. The molecule has 6 heteroatoms. The predicted molar refractivity (Wildman–Crippen MR) is 85.6 cm³/mol. The molecule has 0 radical (unpaired) electrons. The van der Waals surface area contributed by atoms with Crippen LogP contribution in [-0.2, 0) is 10.2 Å². The lowest BCUT2D eigenvalue weighted by atomic mass is 9.95. The molecular weight excluding hydrogens is 284 g/mol. The third-order valence-electron chi connectivity index (χ3n) is 2.84. The molecule has 2 aromatic rings. The van der Waals surface area contributed by atoms with Crippen molar-refractivity contribution in [3.8, 4) is 10.6 Å². The molecule has 0 saturated carbocycles. The smallest absolute Gasteiger partial charge is 0.223 e. The molecule has 0 spiro atoms. The van der Waals surface area contributed by atoms with Crippen LogP contribution in [0.15, 0.2) is 6.07 Å². The zero-order chi connectivity index (χ0) is 15.8. The summed E-state index contributed by atoms with van der Waals surface area (Å²) in [6.07, 6.45) is 0. The summed E-state index contributed by atoms with van der Waals surface area (Å²) in [5.41, 5.74) is 2.54. The fraction of sp³-hybridized carbons (Fsp3) is 0.467. The van der Waals surface area contributed by atoms with Crippen LogP contribution in [0.5, 0.6) is 0 Å². The van der Waals surface area contributed by atoms with Crippen molar-refractivity contribution in [3.63, 3.8) is 0 Å². The maximum Gasteiger partial charge on any atom is 0.223 e. The van der Waals surface area contributed by atoms with Gasteiger partial charge in [-0.3, -0.25) is 4.79 Å². The van der Waals surface area contributed by atoms with E-state index >= 15 is 0 Å². The van der Waals surface area contributed by atoms with E-state index in [0.29, 0.717) is 5.13 Å². The van der Waals surface area contributed by atoms with E-state index in [1.165, 1.54) is 18.3 Å². The van der Waals surface area contributed by atoms with E-state index in [1.54, 1.807) is 0 Å². The lowest BCUT2D eigenvalue weighted by Gasteiger charge is -2.17. The van der Waals surface area contributed by atoms with Crippen LogP contribution in [0.2, 0.25) is 0 Å². The number of carbonyl (C=O) groups is 1. The number of rotatable bonds is 2. The van der Waals surface area contributed by atoms with Gasteiger partial charge in [0.25, 0.3) is 0 Å². The van der Waals surface area contributed by atoms with Gasteiger partial charge in [-0.05, 0) is 19.9 Å². The van der Waals surface area contributed by atoms with Crippen molar-refractivity contribution in [2.75, 3.05) is 5.32 Å². The minimum Gasteiger partial charge on any atom is -0.302 e. The van der Waals surface area contributed by atoms with Crippen LogP contribution < -0.4 is 5.32 Å². The van der Waals surface area contributed by atoms with Crippen LogP contribution in [0.3, 0.4) is 0 Å². The van der Waals surface area contributed by atoms with E-state index in [4.69, 9.17) is 0 Å². The summed E-state index contributed by atoms with van der Waals surface area (Å²) in [5.74, 6) is 0.691. The highest BCUT2D eigenvalue weighted by Gasteiger charge is 2.20. The lowest BCUT2D eigenvalue weighted by Crippen LogP contribution is -2.17. The molecule has 0 aromatic carbocycles. The Bertz CT molecular complexity index is 685. The van der Waals surface area contributed by atoms with Gasteiger partial charge in [-0.2, -0.15) is 0 Å². The molecule has 0 atom stereocenters. The van der Waals surface area contributed by atoms with Crippen molar-refractivity contribution in [3.05, 3.63) is 23.3 Å². The number of aryl methyl sites for hydroxylation is 2. The molecule has 0 bridgehead atoms. The van der Waals surface area contributed by atoms with Crippen LogP contribution in [0, 0.1) is 13.8 Å². The van der Waals surface area contributed by atoms with Gasteiger partial charge in [-0.1, -0.05) is 32.1 Å². The maximum atomic E-state index is 11.1. The molecule has 0 unspecified atom stereocenters. The van der Waals surface area contributed by atoms with E-state index in [1.807, 2.05) is 19.9 Å². The van der Waals surface area contributed by atoms with E-state index < -0.39 is 0 Å². The summed E-state index contributed by atoms with van der Waals surface area (Å²) < 4.78 is 0. The summed E-state index contributed by atoms with van der Waals surface area (Å²) >= 11 is 1.44. The average Bonchev–Trinajstić information content (AvgIpc) is 2.67. The quantitative estimate of drug-likeness (QED) is 0.922. The number of aromatic nitrogens is 3. The molecule has 0 saturated heterocycles. The van der Waals surface area contributed by atoms with Gasteiger partial charge in [-0.25, -0.2) is 15.0 Å². The van der Waals surface area contributed by atoms with Gasteiger partial charge in [0.15, 0.2) is 5.13 Å². The monoisotopic (exact) mass is 304 g/mol. The lowest BCUT2D eigenvalue weighted by molar-refractivity contribution is -0.114. The molecule has 5 nitrogen and oxygen atoms in total. The Morgan fingerprint density at radius 2 is 1.86 bits per heavy atom. The molecule has 1 amide bonds. The highest BCUT2D eigenvalue weighted by molar-refractivity contribution is 7.19. The van der Waals surface area contributed by atoms with Crippen LogP contribution in [-0.4, -0.2) is 20.9 Å². The fourth-order valence-corrected chi connectivity index (χ4v) is 2.83. The van der Waals surface area contributed by atoms with Crippen molar-refractivity contribution in [2.24, 2.45) is 0 Å². The summed E-state index contributed by atoms with van der Waals surface area (Å²) in [7, 11) is 0. The van der Waals surface area contributed by atoms with Crippen LogP contribution in [0.25, 0.3) is 10.6 Å². The van der Waals surface area contributed by atoms with Crippen LogP contribution in [0.4, 0.5) is 5.13 Å². The van der Waals surface area contributed by atoms with Gasteiger partial charge in [0.2, 0.25) is 5.91 Å². The first-order valence-corrected chi connectivity index (χ1v) is 7.60. The number of nitrogens with one attached hydrogen (secondary N) is 1. The number of hydrogen-bond acceptors (Lipinski definition) is 5. The third-order valence-corrected chi connectivity index (χ3v) is 3.93. The van der Waals surface area contributed by atoms with Crippen molar-refractivity contribution in [1.82, 2.24) is 15.0 Å². The number of carbonyl (C=O) groups excluding carboxylic acids is 1. The summed E-state index contributed by atoms with van der Waals surface area (Å²) in [4.78, 5) is 25.7. The van der Waals surface area contributed by atoms with Crippen molar-refractivity contribution in [2.45, 2.75) is 47.0 Å². The molecule has 2 rings (SSSR count). The van der Waals surface area contributed by atoms with Gasteiger partial charge >= 0.3 is 0 Å². The van der Waals surface area contributed by atoms with Crippen molar-refractivity contribution >= 4 is 22.4 Å². The zero-order valence-electron chi connectivity index (χ0n) is 13.2. The normalized spacial score (nSPS) is 11.5. The molecule has 21 heavy (non-hydrogen) atoms. The van der Waals surface area contributed by atoms with Crippen molar-refractivity contribution in [1.29, 1.82) is 0 Å². The van der Waals surface area contributed by atoms with Gasteiger partial charge in [0.1, 0.15) is 5.82 Å². The van der Waals surface area contributed by atoms with Gasteiger partial charge in [0.05, 0.1) is 16.3 Å². The number of amides is 1. The summed E-state index contributed by atoms with van der Waals surface area (Å²) in [6, 6.07) is 1.95. The minimum absolute atomic E-state index is 0.111. The molecule has 2 aromatic heterocycles. The van der Waals surface area contributed by atoms with Gasteiger partial charge in [-0.15, -0.1) is 0 Å². The Kier molecular flexibility index (Phi) is 4.09. The van der Waals surface area contributed by atoms with Crippen LogP contribution in [0.1, 0.15) is 44.9 Å². The summed E-state index contributed by atoms with van der Waals surface area (Å²) in [6.45, 7) is 11.6. The Balaban J connectivity index is 2.49. The Morgan fingerprint density at radius 3 is 2.43 bits per heavy atom. The van der Waals surface area contributed by atoms with E-state index in [-0.39, 0.29) is 11.3 Å². The van der Waals surface area contributed by atoms with Gasteiger partial charge in [0, 0.05) is 18.0 Å². The molecular formula is C15H20N4OS. The molecule has 0 fully saturated rings. The topological polar surface area (TPSA) is 67.8 Å². The molecule has 0 aliphatic rings. The molecule has 2 heterocycles. The van der Waals surface area contributed by atoms with E-state index in [9.17, 15) is 4.79 Å². The number of thiazole rings is 1. The zero-order valence-corrected chi connectivity index (χ0v) is 14.1. The minimum atomic E-state index is -0.121. The maximum absolute atomic E-state index is 11.1. The highest BCUT2D eigenvalue weighted by atomic mass is 32.1. The molecule has 1 N–H and O–H groups in total. The standard InChI is InChI=1S/C15H20N4OS/c1-8-7-11(19-13(16-8)15(4,5)6)12-9(2)17-14(21-12)18-10(3)20/h7H,1-6H3,(H,17,18,20). The Morgan fingerprint density at radius 1 is 1.19 bits per heavy atom. The predicted octanol–water partition coefficient (Wildman–Crippen LogP) is 3.47. The number of hydrogen-bond donors (Lipinski definition) is 1. The molecule has 0 aliphatic carbocycles. The first kappa shape index (κ1) is 15.6. The average molecular weight is 304 g/mol. The molecule has 0 aliphatic heterocycles. The number of nitrogens with zero attached hydrogens (tertiary/aromatic N) is 3. The SMILES string of the molecule is CC(=O)Nc1nc(C)c(-c2cc(C)nc(C(C)(C)C)n2)s1. The van der Waals surface area contributed by atoms with Gasteiger partial charge < -0.3 is 5.32 Å². The van der Waals surface area contributed by atoms with Crippen LogP contribution >= 0.6 is 11.3 Å². The largest absolute Gasteiger partial charge is 0.302 e. The first-order chi connectivity index (χ1) is 9.66. The number of anilines is 1. The Labute approximate surface area is 128 Å². The third kappa shape index (κ3) is 3.64. The van der Waals surface area contributed by atoms with E-state index in [0.717, 1.165) is 27.8 Å². The van der Waals surface area contributed by atoms with E-state index in [2.05, 4.69) is 41.0 Å².